The van der Waals surface area contributed by atoms with Gasteiger partial charge in [0.25, 0.3) is 0 Å². The molecule has 0 unspecified atom stereocenters. The molecule has 94 valence electrons. The Morgan fingerprint density at radius 1 is 1.24 bits per heavy atom. The quantitative estimate of drug-likeness (QED) is 0.707. The first-order valence-electron chi connectivity index (χ1n) is 6.03. The van der Waals surface area contributed by atoms with Crippen molar-refractivity contribution in [3.63, 3.8) is 0 Å². The molecule has 1 aromatic carbocycles. The van der Waals surface area contributed by atoms with Gasteiger partial charge in [-0.15, -0.1) is 0 Å². The Bertz CT molecular complexity index is 392. The molecule has 0 atom stereocenters. The van der Waals surface area contributed by atoms with Crippen molar-refractivity contribution in [2.24, 2.45) is 5.92 Å². The summed E-state index contributed by atoms with van der Waals surface area (Å²) in [6.45, 7) is 9.38. The van der Waals surface area contributed by atoms with Crippen LogP contribution in [0.1, 0.15) is 40.2 Å². The number of halogens is 1. The molecule has 0 bridgehead atoms. The Morgan fingerprint density at radius 3 is 2.18 bits per heavy atom. The van der Waals surface area contributed by atoms with Crippen LogP contribution in [0.3, 0.4) is 0 Å². The molecule has 0 aliphatic heterocycles. The van der Waals surface area contributed by atoms with E-state index in [1.807, 2.05) is 27.7 Å². The monoisotopic (exact) mass is 236 g/mol. The summed E-state index contributed by atoms with van der Waals surface area (Å²) in [4.78, 5) is 11.8. The highest BCUT2D eigenvalue weighted by atomic mass is 19.1. The van der Waals surface area contributed by atoms with E-state index in [9.17, 15) is 9.18 Å². The van der Waals surface area contributed by atoms with Crippen molar-refractivity contribution in [1.82, 2.24) is 0 Å². The standard InChI is InChI=1S/C13H15FO.C2H6/c1-4-10(13(15)9(2)3)11-7-5-6-8-12(11)14;1-2/h4-9H,1-3H3;1-2H3/b10-4+;. The van der Waals surface area contributed by atoms with E-state index in [1.165, 1.54) is 6.07 Å². The predicted octanol–water partition coefficient (Wildman–Crippen LogP) is 4.48. The van der Waals surface area contributed by atoms with Gasteiger partial charge in [0.2, 0.25) is 0 Å². The number of rotatable bonds is 3. The number of Topliss-reactive ketones (excluding diaryl/α,β-unsaturated/α-hetero) is 1. The number of benzene rings is 1. The maximum atomic E-state index is 13.5. The first-order chi connectivity index (χ1) is 8.07. The average Bonchev–Trinajstić information content (AvgIpc) is 2.34. The van der Waals surface area contributed by atoms with Gasteiger partial charge in [-0.05, 0) is 13.0 Å². The lowest BCUT2D eigenvalue weighted by molar-refractivity contribution is -0.116. The smallest absolute Gasteiger partial charge is 0.165 e. The first kappa shape index (κ1) is 15.6. The predicted molar refractivity (Wildman–Crippen MR) is 71.2 cm³/mol. The Labute approximate surface area is 103 Å². The van der Waals surface area contributed by atoms with Gasteiger partial charge in [0, 0.05) is 17.1 Å². The molecular formula is C15H21FO. The summed E-state index contributed by atoms with van der Waals surface area (Å²) in [6, 6.07) is 6.35. The van der Waals surface area contributed by atoms with Crippen LogP contribution >= 0.6 is 0 Å². The average molecular weight is 236 g/mol. The number of carbonyl (C=O) groups excluding carboxylic acids is 1. The lowest BCUT2D eigenvalue weighted by Crippen LogP contribution is -2.10. The van der Waals surface area contributed by atoms with Gasteiger partial charge >= 0.3 is 0 Å². The number of ketones is 1. The normalized spacial score (nSPS) is 10.9. The minimum absolute atomic E-state index is 0.0254. The van der Waals surface area contributed by atoms with Gasteiger partial charge in [0.1, 0.15) is 5.82 Å². The molecule has 0 saturated heterocycles. The molecule has 1 nitrogen and oxygen atoms in total. The molecule has 17 heavy (non-hydrogen) atoms. The highest BCUT2D eigenvalue weighted by Gasteiger charge is 2.16. The summed E-state index contributed by atoms with van der Waals surface area (Å²) in [5.41, 5.74) is 0.849. The van der Waals surface area contributed by atoms with Crippen LogP contribution < -0.4 is 0 Å². The second-order valence-corrected chi connectivity index (χ2v) is 3.70. The third kappa shape index (κ3) is 4.14. The molecule has 0 amide bonds. The molecule has 2 heteroatoms. The van der Waals surface area contributed by atoms with Crippen LogP contribution in [0.15, 0.2) is 30.3 Å². The molecule has 0 heterocycles. The number of carbonyl (C=O) groups is 1. The molecule has 0 fully saturated rings. The Hall–Kier alpha value is -1.44. The summed E-state index contributed by atoms with van der Waals surface area (Å²) in [5.74, 6) is -0.488. The van der Waals surface area contributed by atoms with Crippen molar-refractivity contribution in [1.29, 1.82) is 0 Å². The third-order valence-corrected chi connectivity index (χ3v) is 2.24. The molecule has 0 aromatic heterocycles. The van der Waals surface area contributed by atoms with E-state index < -0.39 is 0 Å². The highest BCUT2D eigenvalue weighted by Crippen LogP contribution is 2.21. The maximum Gasteiger partial charge on any atom is 0.165 e. The number of allylic oxidation sites excluding steroid dienone is 2. The molecule has 0 radical (unpaired) electrons. The SMILES string of the molecule is C/C=C(/C(=O)C(C)C)c1ccccc1F.CC. The molecule has 0 saturated carbocycles. The van der Waals surface area contributed by atoms with Crippen molar-refractivity contribution in [3.8, 4) is 0 Å². The molecule has 0 N–H and O–H groups in total. The van der Waals surface area contributed by atoms with E-state index in [4.69, 9.17) is 0 Å². The van der Waals surface area contributed by atoms with E-state index in [-0.39, 0.29) is 17.5 Å². The summed E-state index contributed by atoms with van der Waals surface area (Å²) in [6.07, 6.45) is 1.67. The van der Waals surface area contributed by atoms with Crippen molar-refractivity contribution >= 4 is 11.4 Å². The van der Waals surface area contributed by atoms with Crippen LogP contribution in [-0.2, 0) is 4.79 Å². The second kappa shape index (κ2) is 7.77. The third-order valence-electron chi connectivity index (χ3n) is 2.24. The number of hydrogen-bond donors (Lipinski definition) is 0. The number of hydrogen-bond acceptors (Lipinski definition) is 1. The Morgan fingerprint density at radius 2 is 1.76 bits per heavy atom. The zero-order valence-electron chi connectivity index (χ0n) is 11.3. The van der Waals surface area contributed by atoms with Crippen molar-refractivity contribution < 1.29 is 9.18 Å². The topological polar surface area (TPSA) is 17.1 Å². The fourth-order valence-electron chi connectivity index (χ4n) is 1.42. The fraction of sp³-hybridized carbons (Fsp3) is 0.400. The summed E-state index contributed by atoms with van der Waals surface area (Å²) in [7, 11) is 0. The van der Waals surface area contributed by atoms with Gasteiger partial charge < -0.3 is 0 Å². The molecule has 0 aliphatic rings. The highest BCUT2D eigenvalue weighted by molar-refractivity contribution is 6.21. The maximum absolute atomic E-state index is 13.5. The molecule has 0 spiro atoms. The molecule has 1 rings (SSSR count). The van der Waals surface area contributed by atoms with Gasteiger partial charge in [-0.25, -0.2) is 4.39 Å². The molecule has 1 aromatic rings. The summed E-state index contributed by atoms with van der Waals surface area (Å²) >= 11 is 0. The van der Waals surface area contributed by atoms with E-state index in [2.05, 4.69) is 0 Å². The lowest BCUT2D eigenvalue weighted by Gasteiger charge is -2.09. The van der Waals surface area contributed by atoms with Crippen molar-refractivity contribution in [2.75, 3.05) is 0 Å². The van der Waals surface area contributed by atoms with Crippen LogP contribution in [-0.4, -0.2) is 5.78 Å². The van der Waals surface area contributed by atoms with E-state index in [0.717, 1.165) is 0 Å². The van der Waals surface area contributed by atoms with E-state index >= 15 is 0 Å². The Balaban J connectivity index is 0.00000121. The fourth-order valence-corrected chi connectivity index (χ4v) is 1.42. The van der Waals surface area contributed by atoms with Gasteiger partial charge in [-0.1, -0.05) is 52.0 Å². The summed E-state index contributed by atoms with van der Waals surface area (Å²) in [5, 5.41) is 0. The zero-order valence-corrected chi connectivity index (χ0v) is 11.3. The first-order valence-corrected chi connectivity index (χ1v) is 6.03. The van der Waals surface area contributed by atoms with Crippen molar-refractivity contribution in [3.05, 3.63) is 41.7 Å². The minimum atomic E-state index is -0.348. The van der Waals surface area contributed by atoms with Gasteiger partial charge in [-0.3, -0.25) is 4.79 Å². The van der Waals surface area contributed by atoms with Crippen LogP contribution in [0.5, 0.6) is 0 Å². The second-order valence-electron chi connectivity index (χ2n) is 3.70. The van der Waals surface area contributed by atoms with Crippen LogP contribution in [0.25, 0.3) is 5.57 Å². The molecule has 0 aliphatic carbocycles. The van der Waals surface area contributed by atoms with E-state index in [0.29, 0.717) is 11.1 Å². The van der Waals surface area contributed by atoms with Gasteiger partial charge in [-0.2, -0.15) is 0 Å². The zero-order chi connectivity index (χ0) is 13.4. The van der Waals surface area contributed by atoms with Crippen LogP contribution in [0.2, 0.25) is 0 Å². The van der Waals surface area contributed by atoms with Crippen molar-refractivity contribution in [2.45, 2.75) is 34.6 Å². The largest absolute Gasteiger partial charge is 0.294 e. The van der Waals surface area contributed by atoms with Gasteiger partial charge in [0.05, 0.1) is 0 Å². The van der Waals surface area contributed by atoms with E-state index in [1.54, 1.807) is 31.2 Å². The molecular weight excluding hydrogens is 215 g/mol. The lowest BCUT2D eigenvalue weighted by atomic mass is 9.94. The Kier molecular flexibility index (Phi) is 7.11. The summed E-state index contributed by atoms with van der Waals surface area (Å²) < 4.78 is 13.5. The minimum Gasteiger partial charge on any atom is -0.294 e. The van der Waals surface area contributed by atoms with Gasteiger partial charge in [0.15, 0.2) is 5.78 Å². The van der Waals surface area contributed by atoms with Crippen LogP contribution in [0, 0.1) is 11.7 Å². The van der Waals surface area contributed by atoms with Crippen LogP contribution in [0.4, 0.5) is 4.39 Å².